The molecule has 0 amide bonds. The molecule has 1 unspecified atom stereocenters. The van der Waals surface area contributed by atoms with Gasteiger partial charge in [-0.15, -0.1) is 0 Å². The number of anilines is 3. The summed E-state index contributed by atoms with van der Waals surface area (Å²) in [7, 11) is 0. The Labute approximate surface area is 111 Å². The molecule has 0 bridgehead atoms. The van der Waals surface area contributed by atoms with Crippen LogP contribution >= 0.6 is 0 Å². The zero-order chi connectivity index (χ0) is 13.4. The SMILES string of the molecule is CC1Nc2cc(C(=O)O)c(N3CCOCC3)cc2N1. The number of carboxylic acids is 1. The van der Waals surface area contributed by atoms with Crippen LogP contribution in [-0.2, 0) is 4.74 Å². The van der Waals surface area contributed by atoms with Gasteiger partial charge in [0.15, 0.2) is 0 Å². The third-order valence-electron chi connectivity index (χ3n) is 3.46. The van der Waals surface area contributed by atoms with Crippen molar-refractivity contribution in [2.45, 2.75) is 13.1 Å². The molecule has 2 aliphatic rings. The number of hydrogen-bond donors (Lipinski definition) is 3. The van der Waals surface area contributed by atoms with Crippen LogP contribution in [0, 0.1) is 0 Å². The molecule has 6 nitrogen and oxygen atoms in total. The number of rotatable bonds is 2. The van der Waals surface area contributed by atoms with Crippen LogP contribution in [0.4, 0.5) is 17.1 Å². The van der Waals surface area contributed by atoms with Gasteiger partial charge in [0.1, 0.15) is 0 Å². The summed E-state index contributed by atoms with van der Waals surface area (Å²) in [5.41, 5.74) is 2.91. The molecule has 0 saturated carbocycles. The molecule has 0 radical (unpaired) electrons. The monoisotopic (exact) mass is 263 g/mol. The molecule has 102 valence electrons. The zero-order valence-electron chi connectivity index (χ0n) is 10.8. The Morgan fingerprint density at radius 3 is 2.58 bits per heavy atom. The average molecular weight is 263 g/mol. The van der Waals surface area contributed by atoms with Crippen molar-refractivity contribution >= 4 is 23.0 Å². The molecule has 1 aromatic carbocycles. The fourth-order valence-electron chi connectivity index (χ4n) is 2.57. The van der Waals surface area contributed by atoms with Gasteiger partial charge in [-0.25, -0.2) is 4.79 Å². The fraction of sp³-hybridized carbons (Fsp3) is 0.462. The van der Waals surface area contributed by atoms with Crippen LogP contribution in [0.1, 0.15) is 17.3 Å². The standard InChI is InChI=1S/C13H17N3O3/c1-8-14-10-6-9(13(17)18)12(7-11(10)15-8)16-2-4-19-5-3-16/h6-8,14-15H,2-5H2,1H3,(H,17,18). The van der Waals surface area contributed by atoms with Crippen molar-refractivity contribution in [2.24, 2.45) is 0 Å². The highest BCUT2D eigenvalue weighted by atomic mass is 16.5. The van der Waals surface area contributed by atoms with Gasteiger partial charge in [-0.2, -0.15) is 0 Å². The average Bonchev–Trinajstić information content (AvgIpc) is 2.77. The van der Waals surface area contributed by atoms with E-state index in [1.165, 1.54) is 0 Å². The van der Waals surface area contributed by atoms with Crippen LogP contribution in [0.3, 0.4) is 0 Å². The van der Waals surface area contributed by atoms with Gasteiger partial charge < -0.3 is 25.4 Å². The summed E-state index contributed by atoms with van der Waals surface area (Å²) in [4.78, 5) is 13.5. The molecule has 1 saturated heterocycles. The minimum atomic E-state index is -0.898. The highest BCUT2D eigenvalue weighted by Crippen LogP contribution is 2.36. The van der Waals surface area contributed by atoms with Crippen molar-refractivity contribution in [1.82, 2.24) is 0 Å². The summed E-state index contributed by atoms with van der Waals surface area (Å²) in [5.74, 6) is -0.898. The van der Waals surface area contributed by atoms with E-state index < -0.39 is 5.97 Å². The number of carbonyl (C=O) groups is 1. The molecule has 2 aliphatic heterocycles. The van der Waals surface area contributed by atoms with Crippen molar-refractivity contribution in [3.8, 4) is 0 Å². The predicted molar refractivity (Wildman–Crippen MR) is 73.1 cm³/mol. The largest absolute Gasteiger partial charge is 0.478 e. The van der Waals surface area contributed by atoms with E-state index in [2.05, 4.69) is 15.5 Å². The molecular formula is C13H17N3O3. The Hall–Kier alpha value is -1.95. The number of ether oxygens (including phenoxy) is 1. The van der Waals surface area contributed by atoms with E-state index in [0.29, 0.717) is 18.8 Å². The lowest BCUT2D eigenvalue weighted by atomic mass is 10.1. The normalized spacial score (nSPS) is 21.5. The van der Waals surface area contributed by atoms with Gasteiger partial charge in [0.2, 0.25) is 0 Å². The molecule has 1 atom stereocenters. The van der Waals surface area contributed by atoms with Crippen LogP contribution in [-0.4, -0.2) is 43.5 Å². The molecule has 0 spiro atoms. The van der Waals surface area contributed by atoms with E-state index in [9.17, 15) is 9.90 Å². The molecular weight excluding hydrogens is 246 g/mol. The summed E-state index contributed by atoms with van der Waals surface area (Å²) >= 11 is 0. The van der Waals surface area contributed by atoms with E-state index in [-0.39, 0.29) is 6.17 Å². The second kappa shape index (κ2) is 4.62. The maximum Gasteiger partial charge on any atom is 0.337 e. The number of nitrogens with zero attached hydrogens (tertiary/aromatic N) is 1. The number of benzene rings is 1. The molecule has 0 aromatic heterocycles. The summed E-state index contributed by atoms with van der Waals surface area (Å²) in [6, 6.07) is 3.62. The summed E-state index contributed by atoms with van der Waals surface area (Å²) in [6.07, 6.45) is 0.122. The lowest BCUT2D eigenvalue weighted by Gasteiger charge is -2.30. The molecule has 1 aromatic rings. The smallest absolute Gasteiger partial charge is 0.337 e. The van der Waals surface area contributed by atoms with Crippen LogP contribution in [0.15, 0.2) is 12.1 Å². The highest BCUT2D eigenvalue weighted by molar-refractivity contribution is 5.98. The molecule has 3 rings (SSSR count). The van der Waals surface area contributed by atoms with Crippen LogP contribution < -0.4 is 15.5 Å². The van der Waals surface area contributed by atoms with Crippen LogP contribution in [0.2, 0.25) is 0 Å². The maximum atomic E-state index is 11.4. The van der Waals surface area contributed by atoms with Crippen molar-refractivity contribution in [2.75, 3.05) is 41.8 Å². The third-order valence-corrected chi connectivity index (χ3v) is 3.46. The molecule has 0 aliphatic carbocycles. The minimum Gasteiger partial charge on any atom is -0.478 e. The number of fused-ring (bicyclic) bond motifs is 1. The first-order valence-corrected chi connectivity index (χ1v) is 6.42. The summed E-state index contributed by atoms with van der Waals surface area (Å²) in [5, 5.41) is 15.9. The van der Waals surface area contributed by atoms with E-state index in [1.807, 2.05) is 13.0 Å². The van der Waals surface area contributed by atoms with E-state index in [0.717, 1.165) is 30.2 Å². The number of hydrogen-bond acceptors (Lipinski definition) is 5. The molecule has 1 fully saturated rings. The van der Waals surface area contributed by atoms with Crippen molar-refractivity contribution in [1.29, 1.82) is 0 Å². The van der Waals surface area contributed by atoms with Crippen LogP contribution in [0.25, 0.3) is 0 Å². The second-order valence-electron chi connectivity index (χ2n) is 4.83. The summed E-state index contributed by atoms with van der Waals surface area (Å²) in [6.45, 7) is 4.72. The van der Waals surface area contributed by atoms with Gasteiger partial charge in [0.25, 0.3) is 0 Å². The van der Waals surface area contributed by atoms with Gasteiger partial charge >= 0.3 is 5.97 Å². The number of aromatic carboxylic acids is 1. The molecule has 6 heteroatoms. The van der Waals surface area contributed by atoms with E-state index >= 15 is 0 Å². The van der Waals surface area contributed by atoms with E-state index in [1.54, 1.807) is 6.07 Å². The highest BCUT2D eigenvalue weighted by Gasteiger charge is 2.24. The minimum absolute atomic E-state index is 0.122. The number of nitrogens with one attached hydrogen (secondary N) is 2. The Balaban J connectivity index is 2.02. The van der Waals surface area contributed by atoms with Gasteiger partial charge in [0, 0.05) is 13.1 Å². The predicted octanol–water partition coefficient (Wildman–Crippen LogP) is 1.40. The Morgan fingerprint density at radius 1 is 1.32 bits per heavy atom. The lowest BCUT2D eigenvalue weighted by molar-refractivity contribution is 0.0696. The lowest BCUT2D eigenvalue weighted by Crippen LogP contribution is -2.37. The van der Waals surface area contributed by atoms with Gasteiger partial charge in [-0.3, -0.25) is 0 Å². The number of morpholine rings is 1. The van der Waals surface area contributed by atoms with Gasteiger partial charge in [-0.1, -0.05) is 0 Å². The van der Waals surface area contributed by atoms with Crippen molar-refractivity contribution < 1.29 is 14.6 Å². The maximum absolute atomic E-state index is 11.4. The van der Waals surface area contributed by atoms with Crippen molar-refractivity contribution in [3.63, 3.8) is 0 Å². The quantitative estimate of drug-likeness (QED) is 0.749. The summed E-state index contributed by atoms with van der Waals surface area (Å²) < 4.78 is 5.31. The topological polar surface area (TPSA) is 73.8 Å². The number of carboxylic acid groups (broad SMARTS) is 1. The first kappa shape index (κ1) is 12.1. The fourth-order valence-corrected chi connectivity index (χ4v) is 2.57. The first-order chi connectivity index (χ1) is 9.15. The van der Waals surface area contributed by atoms with E-state index in [4.69, 9.17) is 4.74 Å². The van der Waals surface area contributed by atoms with Gasteiger partial charge in [-0.05, 0) is 19.1 Å². The Kier molecular flexibility index (Phi) is 2.94. The molecule has 19 heavy (non-hydrogen) atoms. The second-order valence-corrected chi connectivity index (χ2v) is 4.83. The van der Waals surface area contributed by atoms with Crippen molar-refractivity contribution in [3.05, 3.63) is 17.7 Å². The third kappa shape index (κ3) is 2.19. The molecule has 3 N–H and O–H groups in total. The Morgan fingerprint density at radius 2 is 1.95 bits per heavy atom. The zero-order valence-corrected chi connectivity index (χ0v) is 10.8. The van der Waals surface area contributed by atoms with Gasteiger partial charge in [0.05, 0.1) is 42.0 Å². The van der Waals surface area contributed by atoms with Crippen LogP contribution in [0.5, 0.6) is 0 Å². The first-order valence-electron chi connectivity index (χ1n) is 6.42. The molecule has 2 heterocycles. The Bertz CT molecular complexity index is 512.